The number of carbonyl (C=O) groups is 2. The minimum Gasteiger partial charge on any atom is -0.421 e. The van der Waals surface area contributed by atoms with Crippen LogP contribution in [0.1, 0.15) is 17.3 Å². The van der Waals surface area contributed by atoms with Crippen LogP contribution in [-0.2, 0) is 4.79 Å². The number of benzene rings is 2. The summed E-state index contributed by atoms with van der Waals surface area (Å²) in [5.41, 5.74) is 6.68. The van der Waals surface area contributed by atoms with E-state index in [4.69, 9.17) is 10.5 Å². The monoisotopic (exact) mass is 338 g/mol. The third-order valence-electron chi connectivity index (χ3n) is 3.24. The van der Waals surface area contributed by atoms with Crippen molar-refractivity contribution in [1.29, 1.82) is 0 Å². The number of nitrogens with one attached hydrogen (secondary N) is 1. The second-order valence-electron chi connectivity index (χ2n) is 5.06. The summed E-state index contributed by atoms with van der Waals surface area (Å²) >= 11 is 0. The van der Waals surface area contributed by atoms with Gasteiger partial charge in [-0.25, -0.2) is 0 Å². The molecule has 126 valence electrons. The van der Waals surface area contributed by atoms with E-state index >= 15 is 0 Å². The van der Waals surface area contributed by atoms with Crippen LogP contribution in [0.15, 0.2) is 48.5 Å². The van der Waals surface area contributed by atoms with E-state index in [0.29, 0.717) is 22.7 Å². The van der Waals surface area contributed by atoms with Gasteiger partial charge >= 0.3 is 6.01 Å². The molecule has 3 rings (SSSR count). The van der Waals surface area contributed by atoms with Crippen LogP contribution >= 0.6 is 0 Å². The lowest BCUT2D eigenvalue weighted by Crippen LogP contribution is -2.11. The molecule has 0 aliphatic carbocycles. The predicted molar refractivity (Wildman–Crippen MR) is 88.5 cm³/mol. The number of nitrogens with zero attached hydrogens (tertiary/aromatic N) is 4. The van der Waals surface area contributed by atoms with Gasteiger partial charge in [0.25, 0.3) is 0 Å². The van der Waals surface area contributed by atoms with Gasteiger partial charge in [0.05, 0.1) is 11.4 Å². The molecular weight excluding hydrogens is 324 g/mol. The highest BCUT2D eigenvalue weighted by atomic mass is 16.5. The Hall–Kier alpha value is -3.75. The largest absolute Gasteiger partial charge is 0.421 e. The maximum atomic E-state index is 11.3. The molecular formula is C16H14N6O3. The fraction of sp³-hybridized carbons (Fsp3) is 0.0625. The molecule has 0 radical (unpaired) electrons. The summed E-state index contributed by atoms with van der Waals surface area (Å²) < 4.78 is 7.09. The number of para-hydroxylation sites is 2. The molecule has 0 saturated heterocycles. The van der Waals surface area contributed by atoms with Crippen molar-refractivity contribution in [3.63, 3.8) is 0 Å². The third-order valence-corrected chi connectivity index (χ3v) is 3.24. The van der Waals surface area contributed by atoms with Crippen LogP contribution in [-0.4, -0.2) is 32.0 Å². The average Bonchev–Trinajstić information content (AvgIpc) is 3.04. The minimum absolute atomic E-state index is 0.102. The topological polar surface area (TPSA) is 125 Å². The number of tetrazole rings is 1. The Labute approximate surface area is 142 Å². The van der Waals surface area contributed by atoms with Crippen LogP contribution in [0.3, 0.4) is 0 Å². The Morgan fingerprint density at radius 1 is 1.12 bits per heavy atom. The molecule has 0 fully saturated rings. The van der Waals surface area contributed by atoms with E-state index in [1.54, 1.807) is 48.5 Å². The number of ether oxygens (including phenoxy) is 1. The maximum Gasteiger partial charge on any atom is 0.345 e. The van der Waals surface area contributed by atoms with Crippen molar-refractivity contribution in [3.05, 3.63) is 54.1 Å². The van der Waals surface area contributed by atoms with Crippen molar-refractivity contribution in [3.8, 4) is 17.4 Å². The number of rotatable bonds is 5. The number of nitrogens with two attached hydrogens (primary N) is 1. The summed E-state index contributed by atoms with van der Waals surface area (Å²) in [6, 6.07) is 13.4. The second-order valence-corrected chi connectivity index (χ2v) is 5.06. The number of carbonyl (C=O) groups excluding carboxylic acids is 2. The summed E-state index contributed by atoms with van der Waals surface area (Å²) in [7, 11) is 0. The van der Waals surface area contributed by atoms with E-state index in [0.717, 1.165) is 0 Å². The van der Waals surface area contributed by atoms with Crippen LogP contribution in [0.2, 0.25) is 0 Å². The highest BCUT2D eigenvalue weighted by molar-refractivity contribution is 5.93. The molecule has 0 spiro atoms. The highest BCUT2D eigenvalue weighted by Crippen LogP contribution is 2.28. The fourth-order valence-corrected chi connectivity index (χ4v) is 2.12. The summed E-state index contributed by atoms with van der Waals surface area (Å²) in [6.07, 6.45) is 0. The molecule has 0 aliphatic rings. The van der Waals surface area contributed by atoms with Gasteiger partial charge in [-0.15, -0.1) is 0 Å². The lowest BCUT2D eigenvalue weighted by molar-refractivity contribution is -0.114. The Morgan fingerprint density at radius 3 is 2.52 bits per heavy atom. The van der Waals surface area contributed by atoms with Crippen LogP contribution in [0.5, 0.6) is 11.8 Å². The number of hydrogen-bond acceptors (Lipinski definition) is 6. The molecule has 1 heterocycles. The van der Waals surface area contributed by atoms with Gasteiger partial charge in [0.15, 0.2) is 5.75 Å². The quantitative estimate of drug-likeness (QED) is 0.726. The number of amides is 2. The molecule has 0 saturated carbocycles. The molecule has 9 nitrogen and oxygen atoms in total. The first kappa shape index (κ1) is 16.1. The second kappa shape index (κ2) is 6.79. The Balaban J connectivity index is 1.90. The molecule has 0 unspecified atom stereocenters. The van der Waals surface area contributed by atoms with Gasteiger partial charge in [-0.1, -0.05) is 17.2 Å². The standard InChI is InChI=1S/C16H14N6O3/c1-10(23)18-13-4-2-3-5-14(13)25-16-19-20-21-22(16)12-8-6-11(7-9-12)15(17)24/h2-9H,1H3,(H2,17,24)(H,18,23). The molecule has 2 aromatic carbocycles. The Bertz CT molecular complexity index is 920. The van der Waals surface area contributed by atoms with Crippen LogP contribution < -0.4 is 15.8 Å². The van der Waals surface area contributed by atoms with Gasteiger partial charge in [0.2, 0.25) is 11.8 Å². The molecule has 2 amide bonds. The third kappa shape index (κ3) is 3.61. The lowest BCUT2D eigenvalue weighted by Gasteiger charge is -2.10. The van der Waals surface area contributed by atoms with Crippen molar-refractivity contribution in [2.24, 2.45) is 5.73 Å². The minimum atomic E-state index is -0.524. The van der Waals surface area contributed by atoms with E-state index < -0.39 is 5.91 Å². The zero-order chi connectivity index (χ0) is 17.8. The van der Waals surface area contributed by atoms with Crippen molar-refractivity contribution >= 4 is 17.5 Å². The van der Waals surface area contributed by atoms with Crippen molar-refractivity contribution < 1.29 is 14.3 Å². The molecule has 0 aliphatic heterocycles. The van der Waals surface area contributed by atoms with E-state index in [-0.39, 0.29) is 11.9 Å². The van der Waals surface area contributed by atoms with Gasteiger partial charge in [0, 0.05) is 12.5 Å². The summed E-state index contributed by atoms with van der Waals surface area (Å²) in [6.45, 7) is 1.40. The van der Waals surface area contributed by atoms with Crippen LogP contribution in [0.25, 0.3) is 5.69 Å². The van der Waals surface area contributed by atoms with Gasteiger partial charge in [0.1, 0.15) is 0 Å². The van der Waals surface area contributed by atoms with Crippen molar-refractivity contribution in [2.75, 3.05) is 5.32 Å². The molecule has 9 heteroatoms. The number of anilines is 1. The zero-order valence-corrected chi connectivity index (χ0v) is 13.2. The zero-order valence-electron chi connectivity index (χ0n) is 13.2. The van der Waals surface area contributed by atoms with Gasteiger partial charge in [-0.3, -0.25) is 9.59 Å². The first-order valence-electron chi connectivity index (χ1n) is 7.27. The van der Waals surface area contributed by atoms with E-state index in [1.807, 2.05) is 0 Å². The van der Waals surface area contributed by atoms with Gasteiger partial charge < -0.3 is 15.8 Å². The molecule has 0 bridgehead atoms. The molecule has 3 N–H and O–H groups in total. The summed E-state index contributed by atoms with van der Waals surface area (Å²) in [5, 5.41) is 14.0. The smallest absolute Gasteiger partial charge is 0.345 e. The SMILES string of the molecule is CC(=O)Nc1ccccc1Oc1nnnn1-c1ccc(C(N)=O)cc1. The highest BCUT2D eigenvalue weighted by Gasteiger charge is 2.14. The van der Waals surface area contributed by atoms with Gasteiger partial charge in [-0.05, 0) is 46.8 Å². The average molecular weight is 338 g/mol. The molecule has 25 heavy (non-hydrogen) atoms. The van der Waals surface area contributed by atoms with Crippen LogP contribution in [0.4, 0.5) is 5.69 Å². The van der Waals surface area contributed by atoms with Crippen molar-refractivity contribution in [2.45, 2.75) is 6.92 Å². The number of aromatic nitrogens is 4. The summed E-state index contributed by atoms with van der Waals surface area (Å²) in [4.78, 5) is 22.4. The Kier molecular flexibility index (Phi) is 4.38. The van der Waals surface area contributed by atoms with Crippen LogP contribution in [0, 0.1) is 0 Å². The van der Waals surface area contributed by atoms with E-state index in [2.05, 4.69) is 20.8 Å². The first-order valence-corrected chi connectivity index (χ1v) is 7.27. The number of hydrogen-bond donors (Lipinski definition) is 2. The first-order chi connectivity index (χ1) is 12.0. The van der Waals surface area contributed by atoms with Crippen molar-refractivity contribution in [1.82, 2.24) is 20.2 Å². The summed E-state index contributed by atoms with van der Waals surface area (Å²) in [5.74, 6) is -0.357. The number of primary amides is 1. The van der Waals surface area contributed by atoms with Gasteiger partial charge in [-0.2, -0.15) is 4.68 Å². The van der Waals surface area contributed by atoms with E-state index in [9.17, 15) is 9.59 Å². The lowest BCUT2D eigenvalue weighted by atomic mass is 10.2. The molecule has 0 atom stereocenters. The molecule has 1 aromatic heterocycles. The predicted octanol–water partition coefficient (Wildman–Crippen LogP) is 1.51. The molecule has 3 aromatic rings. The van der Waals surface area contributed by atoms with E-state index in [1.165, 1.54) is 11.6 Å². The Morgan fingerprint density at radius 2 is 1.84 bits per heavy atom. The maximum absolute atomic E-state index is 11.3. The fourth-order valence-electron chi connectivity index (χ4n) is 2.12. The normalized spacial score (nSPS) is 10.3.